The maximum Gasteiger partial charge on any atom is 0.238 e. The number of para-hydroxylation sites is 1. The summed E-state index contributed by atoms with van der Waals surface area (Å²) in [5, 5.41) is 8.76. The Labute approximate surface area is 187 Å². The highest BCUT2D eigenvalue weighted by molar-refractivity contribution is 7.09. The fourth-order valence-electron chi connectivity index (χ4n) is 3.36. The van der Waals surface area contributed by atoms with Crippen LogP contribution in [0.3, 0.4) is 0 Å². The number of thiazole rings is 1. The van der Waals surface area contributed by atoms with Crippen LogP contribution in [0, 0.1) is 6.92 Å². The van der Waals surface area contributed by atoms with E-state index in [1.807, 2.05) is 78.7 Å². The molecule has 1 heterocycles. The van der Waals surface area contributed by atoms with Gasteiger partial charge < -0.3 is 10.6 Å². The Kier molecular flexibility index (Phi) is 8.32. The van der Waals surface area contributed by atoms with Gasteiger partial charge in [0.05, 0.1) is 13.1 Å². The first-order valence-electron chi connectivity index (χ1n) is 10.4. The van der Waals surface area contributed by atoms with Crippen molar-refractivity contribution >= 4 is 28.8 Å². The van der Waals surface area contributed by atoms with Gasteiger partial charge in [0.15, 0.2) is 0 Å². The van der Waals surface area contributed by atoms with Gasteiger partial charge in [-0.25, -0.2) is 4.98 Å². The quantitative estimate of drug-likeness (QED) is 0.504. The summed E-state index contributed by atoms with van der Waals surface area (Å²) in [6.07, 6.45) is 2.58. The fourth-order valence-corrected chi connectivity index (χ4v) is 4.07. The minimum atomic E-state index is -0.307. The topological polar surface area (TPSA) is 74.3 Å². The van der Waals surface area contributed by atoms with Gasteiger partial charge >= 0.3 is 0 Å². The summed E-state index contributed by atoms with van der Waals surface area (Å²) >= 11 is 1.51. The summed E-state index contributed by atoms with van der Waals surface area (Å²) in [5.74, 6) is -0.267. The van der Waals surface area contributed by atoms with Crippen LogP contribution in [0.2, 0.25) is 0 Å². The number of carbonyl (C=O) groups excluding carboxylic acids is 2. The van der Waals surface area contributed by atoms with E-state index in [4.69, 9.17) is 0 Å². The van der Waals surface area contributed by atoms with Crippen LogP contribution in [-0.2, 0) is 9.59 Å². The minimum Gasteiger partial charge on any atom is -0.342 e. The number of nitrogens with one attached hydrogen (secondary N) is 2. The van der Waals surface area contributed by atoms with Gasteiger partial charge in [-0.3, -0.25) is 14.5 Å². The van der Waals surface area contributed by atoms with Gasteiger partial charge in [-0.2, -0.15) is 0 Å². The zero-order valence-corrected chi connectivity index (χ0v) is 18.7. The van der Waals surface area contributed by atoms with E-state index in [0.29, 0.717) is 6.54 Å². The van der Waals surface area contributed by atoms with E-state index >= 15 is 0 Å². The van der Waals surface area contributed by atoms with Crippen LogP contribution in [0.4, 0.5) is 5.69 Å². The number of anilines is 1. The van der Waals surface area contributed by atoms with E-state index < -0.39 is 0 Å². The molecule has 7 heteroatoms. The molecule has 3 rings (SSSR count). The highest BCUT2D eigenvalue weighted by Crippen LogP contribution is 2.23. The van der Waals surface area contributed by atoms with Crippen LogP contribution in [0.25, 0.3) is 0 Å². The van der Waals surface area contributed by atoms with E-state index in [0.717, 1.165) is 28.2 Å². The summed E-state index contributed by atoms with van der Waals surface area (Å²) in [7, 11) is 0. The van der Waals surface area contributed by atoms with Crippen LogP contribution >= 0.6 is 11.3 Å². The Morgan fingerprint density at radius 1 is 1.03 bits per heavy atom. The maximum atomic E-state index is 12.9. The molecule has 1 unspecified atom stereocenters. The van der Waals surface area contributed by atoms with Crippen LogP contribution in [-0.4, -0.2) is 41.3 Å². The van der Waals surface area contributed by atoms with E-state index in [9.17, 15) is 9.59 Å². The van der Waals surface area contributed by atoms with E-state index in [1.165, 1.54) is 11.3 Å². The monoisotopic (exact) mass is 436 g/mol. The number of amides is 2. The summed E-state index contributed by atoms with van der Waals surface area (Å²) < 4.78 is 0. The molecule has 0 bridgehead atoms. The SMILES string of the molecule is CCCN(CC(=O)Nc1ccccc1C)CC(=O)NC(c1ccccc1)c1nccs1. The number of carbonyl (C=O) groups is 2. The Morgan fingerprint density at radius 3 is 2.42 bits per heavy atom. The molecule has 0 fully saturated rings. The van der Waals surface area contributed by atoms with Crippen LogP contribution in [0.1, 0.15) is 35.5 Å². The number of aryl methyl sites for hydroxylation is 1. The first-order valence-corrected chi connectivity index (χ1v) is 11.3. The standard InChI is InChI=1S/C24H28N4O2S/c1-3-14-28(16-21(29)26-20-12-8-7-9-18(20)2)17-22(30)27-23(24-25-13-15-31-24)19-10-5-4-6-11-19/h4-13,15,23H,3,14,16-17H2,1-2H3,(H,26,29)(H,27,30). The van der Waals surface area contributed by atoms with Crippen molar-refractivity contribution in [3.8, 4) is 0 Å². The number of benzene rings is 2. The molecule has 0 saturated heterocycles. The number of rotatable bonds is 10. The molecule has 0 aliphatic heterocycles. The number of aromatic nitrogens is 1. The Morgan fingerprint density at radius 2 is 1.74 bits per heavy atom. The summed E-state index contributed by atoms with van der Waals surface area (Å²) in [5.41, 5.74) is 2.77. The Balaban J connectivity index is 1.64. The predicted octanol–water partition coefficient (Wildman–Crippen LogP) is 4.01. The lowest BCUT2D eigenvalue weighted by atomic mass is 10.1. The second-order valence-electron chi connectivity index (χ2n) is 7.36. The van der Waals surface area contributed by atoms with Crippen molar-refractivity contribution in [1.82, 2.24) is 15.2 Å². The van der Waals surface area contributed by atoms with E-state index in [1.54, 1.807) is 6.20 Å². The van der Waals surface area contributed by atoms with Crippen molar-refractivity contribution in [3.05, 3.63) is 82.3 Å². The molecule has 2 N–H and O–H groups in total. The van der Waals surface area contributed by atoms with Crippen LogP contribution in [0.5, 0.6) is 0 Å². The van der Waals surface area contributed by atoms with Gasteiger partial charge in [0.1, 0.15) is 11.0 Å². The molecule has 0 radical (unpaired) electrons. The fraction of sp³-hybridized carbons (Fsp3) is 0.292. The third kappa shape index (κ3) is 6.73. The summed E-state index contributed by atoms with van der Waals surface area (Å²) in [6.45, 7) is 4.94. The molecule has 31 heavy (non-hydrogen) atoms. The lowest BCUT2D eigenvalue weighted by molar-refractivity contribution is -0.123. The number of nitrogens with zero attached hydrogens (tertiary/aromatic N) is 2. The molecular formula is C24H28N4O2S. The molecule has 2 amide bonds. The highest BCUT2D eigenvalue weighted by atomic mass is 32.1. The van der Waals surface area contributed by atoms with E-state index in [-0.39, 0.29) is 30.9 Å². The van der Waals surface area contributed by atoms with Crippen molar-refractivity contribution in [2.24, 2.45) is 0 Å². The van der Waals surface area contributed by atoms with Crippen molar-refractivity contribution < 1.29 is 9.59 Å². The molecule has 162 valence electrons. The normalized spacial score (nSPS) is 11.8. The van der Waals surface area contributed by atoms with Crippen molar-refractivity contribution in [2.75, 3.05) is 25.0 Å². The molecule has 0 aliphatic carbocycles. The molecule has 3 aromatic rings. The van der Waals surface area contributed by atoms with Crippen LogP contribution in [0.15, 0.2) is 66.2 Å². The first-order chi connectivity index (χ1) is 15.1. The lowest BCUT2D eigenvalue weighted by Gasteiger charge is -2.23. The molecule has 0 spiro atoms. The predicted molar refractivity (Wildman–Crippen MR) is 125 cm³/mol. The first kappa shape index (κ1) is 22.7. The average molecular weight is 437 g/mol. The van der Waals surface area contributed by atoms with Gasteiger partial charge in [-0.15, -0.1) is 11.3 Å². The molecule has 1 aromatic heterocycles. The molecule has 0 aliphatic rings. The Hall–Kier alpha value is -3.03. The molecule has 6 nitrogen and oxygen atoms in total. The third-order valence-electron chi connectivity index (χ3n) is 4.83. The van der Waals surface area contributed by atoms with Gasteiger partial charge in [0.25, 0.3) is 0 Å². The molecular weight excluding hydrogens is 408 g/mol. The smallest absolute Gasteiger partial charge is 0.238 e. The van der Waals surface area contributed by atoms with Crippen molar-refractivity contribution in [3.63, 3.8) is 0 Å². The van der Waals surface area contributed by atoms with Gasteiger partial charge in [-0.1, -0.05) is 55.5 Å². The highest BCUT2D eigenvalue weighted by Gasteiger charge is 2.21. The third-order valence-corrected chi connectivity index (χ3v) is 5.67. The number of hydrogen-bond donors (Lipinski definition) is 2. The lowest BCUT2D eigenvalue weighted by Crippen LogP contribution is -2.42. The van der Waals surface area contributed by atoms with Gasteiger partial charge in [-0.05, 0) is 37.1 Å². The zero-order chi connectivity index (χ0) is 22.1. The molecule has 2 aromatic carbocycles. The van der Waals surface area contributed by atoms with E-state index in [2.05, 4.69) is 15.6 Å². The van der Waals surface area contributed by atoms with Gasteiger partial charge in [0.2, 0.25) is 11.8 Å². The maximum absolute atomic E-state index is 12.9. The zero-order valence-electron chi connectivity index (χ0n) is 17.9. The minimum absolute atomic E-state index is 0.130. The van der Waals surface area contributed by atoms with Crippen LogP contribution < -0.4 is 10.6 Å². The number of hydrogen-bond acceptors (Lipinski definition) is 5. The largest absolute Gasteiger partial charge is 0.342 e. The second kappa shape index (κ2) is 11.4. The van der Waals surface area contributed by atoms with Crippen molar-refractivity contribution in [2.45, 2.75) is 26.3 Å². The van der Waals surface area contributed by atoms with Crippen molar-refractivity contribution in [1.29, 1.82) is 0 Å². The summed E-state index contributed by atoms with van der Waals surface area (Å²) in [6, 6.07) is 17.1. The second-order valence-corrected chi connectivity index (χ2v) is 8.28. The summed E-state index contributed by atoms with van der Waals surface area (Å²) in [4.78, 5) is 31.7. The molecule has 0 saturated carbocycles. The average Bonchev–Trinajstić information content (AvgIpc) is 3.29. The molecule has 1 atom stereocenters. The Bertz CT molecular complexity index is 976. The van der Waals surface area contributed by atoms with Gasteiger partial charge in [0, 0.05) is 17.3 Å².